The molecule has 0 saturated heterocycles. The van der Waals surface area contributed by atoms with E-state index in [0.717, 1.165) is 5.56 Å². The molecule has 0 aromatic heterocycles. The van der Waals surface area contributed by atoms with Crippen LogP contribution in [0.1, 0.15) is 28.4 Å². The molecule has 6 nitrogen and oxygen atoms in total. The summed E-state index contributed by atoms with van der Waals surface area (Å²) in [5.74, 6) is 2.64. The van der Waals surface area contributed by atoms with Crippen LogP contribution in [0.2, 0.25) is 0 Å². The van der Waals surface area contributed by atoms with Gasteiger partial charge in [0.1, 0.15) is 17.6 Å². The molecular weight excluding hydrogens is 324 g/mol. The van der Waals surface area contributed by atoms with Gasteiger partial charge in [-0.3, -0.25) is 4.79 Å². The summed E-state index contributed by atoms with van der Waals surface area (Å²) in [6, 6.07) is 8.78. The third kappa shape index (κ3) is 2.95. The fourth-order valence-corrected chi connectivity index (χ4v) is 2.98. The zero-order valence-corrected chi connectivity index (χ0v) is 14.6. The first-order valence-electron chi connectivity index (χ1n) is 7.79. The van der Waals surface area contributed by atoms with E-state index in [4.69, 9.17) is 23.7 Å². The number of Topliss-reactive ketones (excluding diaryl/α,β-unsaturated/α-hetero) is 1. The molecule has 1 heterocycles. The number of rotatable bonds is 5. The minimum Gasteiger partial charge on any atom is -0.497 e. The molecule has 132 valence electrons. The van der Waals surface area contributed by atoms with Crippen molar-refractivity contribution < 1.29 is 28.5 Å². The van der Waals surface area contributed by atoms with Crippen molar-refractivity contribution in [1.29, 1.82) is 0 Å². The fourth-order valence-electron chi connectivity index (χ4n) is 2.98. The zero-order chi connectivity index (χ0) is 18.0. The second-order valence-corrected chi connectivity index (χ2v) is 5.52. The van der Waals surface area contributed by atoms with Crippen molar-refractivity contribution in [2.75, 3.05) is 28.4 Å². The average molecular weight is 344 g/mol. The predicted molar refractivity (Wildman–Crippen MR) is 91.4 cm³/mol. The van der Waals surface area contributed by atoms with E-state index in [1.165, 1.54) is 7.11 Å². The minimum absolute atomic E-state index is 0.00532. The molecule has 0 aliphatic carbocycles. The molecule has 0 spiro atoms. The maximum Gasteiger partial charge on any atom is 0.203 e. The van der Waals surface area contributed by atoms with Gasteiger partial charge in [0.25, 0.3) is 0 Å². The molecule has 6 heteroatoms. The second kappa shape index (κ2) is 6.93. The molecular formula is C19H20O6. The maximum atomic E-state index is 12.5. The summed E-state index contributed by atoms with van der Waals surface area (Å²) in [5.41, 5.74) is 1.28. The number of hydrogen-bond acceptors (Lipinski definition) is 6. The molecule has 0 N–H and O–H groups in total. The van der Waals surface area contributed by atoms with E-state index >= 15 is 0 Å². The number of ether oxygens (including phenoxy) is 5. The van der Waals surface area contributed by atoms with Crippen molar-refractivity contribution in [1.82, 2.24) is 0 Å². The lowest BCUT2D eigenvalue weighted by atomic mass is 9.95. The van der Waals surface area contributed by atoms with Crippen molar-refractivity contribution in [3.05, 3.63) is 41.5 Å². The van der Waals surface area contributed by atoms with Gasteiger partial charge in [-0.15, -0.1) is 0 Å². The van der Waals surface area contributed by atoms with Crippen molar-refractivity contribution in [3.63, 3.8) is 0 Å². The summed E-state index contributed by atoms with van der Waals surface area (Å²) < 4.78 is 27.5. The van der Waals surface area contributed by atoms with Gasteiger partial charge in [-0.2, -0.15) is 0 Å². The first kappa shape index (κ1) is 17.0. The molecule has 1 aliphatic heterocycles. The Bertz CT molecular complexity index is 799. The molecule has 0 amide bonds. The van der Waals surface area contributed by atoms with Gasteiger partial charge in [0.2, 0.25) is 5.75 Å². The van der Waals surface area contributed by atoms with Gasteiger partial charge < -0.3 is 23.7 Å². The van der Waals surface area contributed by atoms with Gasteiger partial charge in [-0.25, -0.2) is 0 Å². The molecule has 0 radical (unpaired) electrons. The number of fused-ring (bicyclic) bond motifs is 1. The highest BCUT2D eigenvalue weighted by molar-refractivity contribution is 6.00. The minimum atomic E-state index is -0.484. The molecule has 0 bridgehead atoms. The highest BCUT2D eigenvalue weighted by Gasteiger charge is 2.31. The number of carbonyl (C=O) groups is 1. The first-order valence-corrected chi connectivity index (χ1v) is 7.79. The summed E-state index contributed by atoms with van der Waals surface area (Å²) in [4.78, 5) is 12.5. The SMILES string of the molecule is COc1ccc2c(c1)O[C@@H](c1ccc(OC)c(OC)c1OC)CC2=O. The Kier molecular flexibility index (Phi) is 4.70. The highest BCUT2D eigenvalue weighted by atomic mass is 16.5. The van der Waals surface area contributed by atoms with Crippen LogP contribution in [0, 0.1) is 0 Å². The van der Waals surface area contributed by atoms with Crippen LogP contribution < -0.4 is 23.7 Å². The van der Waals surface area contributed by atoms with Gasteiger partial charge in [0.15, 0.2) is 17.3 Å². The lowest BCUT2D eigenvalue weighted by molar-refractivity contribution is 0.0845. The largest absolute Gasteiger partial charge is 0.497 e. The normalized spacial score (nSPS) is 15.8. The third-order valence-electron chi connectivity index (χ3n) is 4.21. The average Bonchev–Trinajstić information content (AvgIpc) is 2.65. The van der Waals surface area contributed by atoms with E-state index in [9.17, 15) is 4.79 Å². The lowest BCUT2D eigenvalue weighted by Gasteiger charge is -2.27. The van der Waals surface area contributed by atoms with Crippen LogP contribution in [0.25, 0.3) is 0 Å². The zero-order valence-electron chi connectivity index (χ0n) is 14.6. The number of ketones is 1. The van der Waals surface area contributed by atoms with Crippen molar-refractivity contribution >= 4 is 5.78 Å². The molecule has 0 saturated carbocycles. The van der Waals surface area contributed by atoms with Crippen molar-refractivity contribution in [2.45, 2.75) is 12.5 Å². The summed E-state index contributed by atoms with van der Waals surface area (Å²) in [5, 5.41) is 0. The molecule has 2 aromatic carbocycles. The topological polar surface area (TPSA) is 63.2 Å². The smallest absolute Gasteiger partial charge is 0.203 e. The molecule has 0 unspecified atom stereocenters. The molecule has 3 rings (SSSR count). The third-order valence-corrected chi connectivity index (χ3v) is 4.21. The Morgan fingerprint density at radius 1 is 0.920 bits per heavy atom. The van der Waals surface area contributed by atoms with Gasteiger partial charge in [-0.05, 0) is 24.3 Å². The summed E-state index contributed by atoms with van der Waals surface area (Å²) in [6.45, 7) is 0. The Morgan fingerprint density at radius 2 is 1.68 bits per heavy atom. The van der Waals surface area contributed by atoms with Crippen molar-refractivity contribution in [3.8, 4) is 28.7 Å². The number of benzene rings is 2. The Labute approximate surface area is 146 Å². The Balaban J connectivity index is 2.04. The lowest BCUT2D eigenvalue weighted by Crippen LogP contribution is -2.21. The van der Waals surface area contributed by atoms with Gasteiger partial charge in [0.05, 0.1) is 40.4 Å². The van der Waals surface area contributed by atoms with Crippen LogP contribution in [0.15, 0.2) is 30.3 Å². The Morgan fingerprint density at radius 3 is 2.32 bits per heavy atom. The summed E-state index contributed by atoms with van der Waals surface area (Å²) >= 11 is 0. The Hall–Kier alpha value is -2.89. The van der Waals surface area contributed by atoms with Gasteiger partial charge in [-0.1, -0.05) is 0 Å². The van der Waals surface area contributed by atoms with Crippen LogP contribution in [-0.4, -0.2) is 34.2 Å². The van der Waals surface area contributed by atoms with Gasteiger partial charge >= 0.3 is 0 Å². The second-order valence-electron chi connectivity index (χ2n) is 5.52. The van der Waals surface area contributed by atoms with Crippen LogP contribution in [0.3, 0.4) is 0 Å². The highest BCUT2D eigenvalue weighted by Crippen LogP contribution is 2.46. The number of hydrogen-bond donors (Lipinski definition) is 0. The van der Waals surface area contributed by atoms with E-state index in [-0.39, 0.29) is 12.2 Å². The molecule has 25 heavy (non-hydrogen) atoms. The van der Waals surface area contributed by atoms with E-state index < -0.39 is 6.10 Å². The first-order chi connectivity index (χ1) is 12.1. The fraction of sp³-hybridized carbons (Fsp3) is 0.316. The molecule has 1 atom stereocenters. The van der Waals surface area contributed by atoms with Crippen LogP contribution in [0.5, 0.6) is 28.7 Å². The van der Waals surface area contributed by atoms with Crippen molar-refractivity contribution in [2.24, 2.45) is 0 Å². The number of carbonyl (C=O) groups excluding carboxylic acids is 1. The number of methoxy groups -OCH3 is 4. The van der Waals surface area contributed by atoms with Crippen LogP contribution in [-0.2, 0) is 0 Å². The van der Waals surface area contributed by atoms with Crippen LogP contribution >= 0.6 is 0 Å². The van der Waals surface area contributed by atoms with E-state index in [1.807, 2.05) is 6.07 Å². The van der Waals surface area contributed by atoms with Crippen LogP contribution in [0.4, 0.5) is 0 Å². The standard InChI is InChI=1S/C19H20O6/c1-21-11-5-6-12-14(20)10-17(25-16(12)9-11)13-7-8-15(22-2)19(24-4)18(13)23-3/h5-9,17H,10H2,1-4H3/t17-/m1/s1. The quantitative estimate of drug-likeness (QED) is 0.828. The molecule has 2 aromatic rings. The summed E-state index contributed by atoms with van der Waals surface area (Å²) in [7, 11) is 6.21. The predicted octanol–water partition coefficient (Wildman–Crippen LogP) is 3.43. The van der Waals surface area contributed by atoms with E-state index in [0.29, 0.717) is 34.3 Å². The van der Waals surface area contributed by atoms with Gasteiger partial charge in [0, 0.05) is 11.6 Å². The monoisotopic (exact) mass is 344 g/mol. The maximum absolute atomic E-state index is 12.5. The summed E-state index contributed by atoms with van der Waals surface area (Å²) in [6.07, 6.45) is -0.271. The van der Waals surface area contributed by atoms with E-state index in [2.05, 4.69) is 0 Å². The molecule has 1 aliphatic rings. The van der Waals surface area contributed by atoms with E-state index in [1.54, 1.807) is 45.6 Å². The molecule has 0 fully saturated rings.